The first kappa shape index (κ1) is 25.1. The first-order chi connectivity index (χ1) is 16.3. The summed E-state index contributed by atoms with van der Waals surface area (Å²) in [6.45, 7) is 2.73. The van der Waals surface area contributed by atoms with Crippen molar-refractivity contribution < 1.29 is 24.3 Å². The van der Waals surface area contributed by atoms with E-state index in [4.69, 9.17) is 5.41 Å². The molecule has 2 amide bonds. The van der Waals surface area contributed by atoms with Gasteiger partial charge >= 0.3 is 5.97 Å². The minimum atomic E-state index is -1.23. The van der Waals surface area contributed by atoms with Gasteiger partial charge in [-0.3, -0.25) is 14.4 Å². The number of likely N-dealkylation sites (tertiary alicyclic amines) is 1. The summed E-state index contributed by atoms with van der Waals surface area (Å²) in [5, 5.41) is 23.5. The Morgan fingerprint density at radius 1 is 1.21 bits per heavy atom. The van der Waals surface area contributed by atoms with Gasteiger partial charge in [0.1, 0.15) is 6.04 Å². The van der Waals surface area contributed by atoms with Gasteiger partial charge < -0.3 is 31.0 Å². The lowest BCUT2D eigenvalue weighted by atomic mass is 9.99. The summed E-state index contributed by atoms with van der Waals surface area (Å²) in [5.41, 5.74) is 1.87. The molecule has 0 spiro atoms. The average Bonchev–Trinajstić information content (AvgIpc) is 3.23. The van der Waals surface area contributed by atoms with E-state index in [0.29, 0.717) is 38.6 Å². The quantitative estimate of drug-likeness (QED) is 0.312. The molecule has 182 valence electrons. The van der Waals surface area contributed by atoms with Gasteiger partial charge in [0.05, 0.1) is 12.3 Å². The van der Waals surface area contributed by atoms with Crippen LogP contribution in [0, 0.1) is 5.41 Å². The lowest BCUT2D eigenvalue weighted by molar-refractivity contribution is -0.142. The van der Waals surface area contributed by atoms with Crippen LogP contribution in [0.15, 0.2) is 30.5 Å². The molecule has 1 aromatic carbocycles. The van der Waals surface area contributed by atoms with Crippen LogP contribution in [0.1, 0.15) is 38.2 Å². The number of carbonyl (C=O) groups excluding carboxylic acids is 3. The summed E-state index contributed by atoms with van der Waals surface area (Å²) in [6, 6.07) is 5.81. The van der Waals surface area contributed by atoms with E-state index in [1.807, 2.05) is 30.5 Å². The number of piperidine rings is 1. The number of aromatic nitrogens is 1. The number of carboxylic acid groups (broad SMARTS) is 1. The van der Waals surface area contributed by atoms with Crippen LogP contribution in [0.2, 0.25) is 0 Å². The first-order valence-corrected chi connectivity index (χ1v) is 11.4. The predicted octanol–water partition coefficient (Wildman–Crippen LogP) is 1.25. The second-order valence-electron chi connectivity index (χ2n) is 8.61. The van der Waals surface area contributed by atoms with E-state index in [9.17, 15) is 24.3 Å². The molecule has 0 saturated carbocycles. The fourth-order valence-electron chi connectivity index (χ4n) is 4.28. The Balaban J connectivity index is 1.75. The van der Waals surface area contributed by atoms with Gasteiger partial charge in [-0.2, -0.15) is 0 Å². The van der Waals surface area contributed by atoms with Crippen molar-refractivity contribution in [1.29, 1.82) is 5.41 Å². The van der Waals surface area contributed by atoms with Gasteiger partial charge in [0.2, 0.25) is 11.8 Å². The summed E-state index contributed by atoms with van der Waals surface area (Å²) >= 11 is 0. The Morgan fingerprint density at radius 3 is 2.56 bits per heavy atom. The van der Waals surface area contributed by atoms with Crippen molar-refractivity contribution in [2.24, 2.45) is 0 Å². The highest BCUT2D eigenvalue weighted by Gasteiger charge is 2.30. The highest BCUT2D eigenvalue weighted by atomic mass is 16.4. The molecule has 1 aliphatic rings. The number of hydrogen-bond donors (Lipinski definition) is 5. The van der Waals surface area contributed by atoms with Crippen LogP contribution < -0.4 is 10.6 Å². The molecule has 5 N–H and O–H groups in total. The highest BCUT2D eigenvalue weighted by Crippen LogP contribution is 2.20. The van der Waals surface area contributed by atoms with Crippen molar-refractivity contribution in [2.75, 3.05) is 13.1 Å². The van der Waals surface area contributed by atoms with Gasteiger partial charge in [-0.1, -0.05) is 18.2 Å². The SMILES string of the molecule is CC(=O)N1CCC(N[C@@H](Cc2c[nH]c3ccccc23)C(=O)N[C@@H](CCC(=O)C=N)C(=O)O)CC1. The maximum absolute atomic E-state index is 13.2. The Bertz CT molecular complexity index is 1060. The molecule has 1 aromatic heterocycles. The van der Waals surface area contributed by atoms with Gasteiger partial charge in [0.25, 0.3) is 0 Å². The number of para-hydroxylation sites is 1. The number of aliphatic carboxylic acids is 1. The van der Waals surface area contributed by atoms with Gasteiger partial charge in [0.15, 0.2) is 5.78 Å². The molecular weight excluding hydrogens is 438 g/mol. The largest absolute Gasteiger partial charge is 0.480 e. The Kier molecular flexibility index (Phi) is 8.53. The van der Waals surface area contributed by atoms with Crippen molar-refractivity contribution in [2.45, 2.75) is 57.2 Å². The molecule has 2 atom stereocenters. The topological polar surface area (TPSA) is 155 Å². The van der Waals surface area contributed by atoms with Gasteiger partial charge in [0, 0.05) is 49.6 Å². The fourth-order valence-corrected chi connectivity index (χ4v) is 4.28. The van der Waals surface area contributed by atoms with Gasteiger partial charge in [-0.05, 0) is 37.3 Å². The molecule has 0 radical (unpaired) electrons. The Labute approximate surface area is 197 Å². The zero-order valence-electron chi connectivity index (χ0n) is 19.2. The maximum Gasteiger partial charge on any atom is 0.326 e. The highest BCUT2D eigenvalue weighted by molar-refractivity contribution is 6.26. The van der Waals surface area contributed by atoms with E-state index in [0.717, 1.165) is 16.5 Å². The van der Waals surface area contributed by atoms with E-state index >= 15 is 0 Å². The van der Waals surface area contributed by atoms with Crippen LogP contribution in [0.25, 0.3) is 10.9 Å². The number of ketones is 1. The Morgan fingerprint density at radius 2 is 1.91 bits per heavy atom. The zero-order valence-corrected chi connectivity index (χ0v) is 19.2. The third-order valence-corrected chi connectivity index (χ3v) is 6.25. The maximum atomic E-state index is 13.2. The monoisotopic (exact) mass is 469 g/mol. The molecule has 1 fully saturated rings. The second kappa shape index (κ2) is 11.6. The van der Waals surface area contributed by atoms with Gasteiger partial charge in [-0.15, -0.1) is 0 Å². The van der Waals surface area contributed by atoms with Crippen molar-refractivity contribution in [3.05, 3.63) is 36.0 Å². The molecule has 1 aliphatic heterocycles. The lowest BCUT2D eigenvalue weighted by Gasteiger charge is -2.34. The van der Waals surface area contributed by atoms with Crippen LogP contribution >= 0.6 is 0 Å². The number of amides is 2. The number of fused-ring (bicyclic) bond motifs is 1. The normalized spacial score (nSPS) is 16.1. The van der Waals surface area contributed by atoms with Crippen molar-refractivity contribution in [3.8, 4) is 0 Å². The number of carbonyl (C=O) groups is 4. The van der Waals surface area contributed by atoms with Crippen LogP contribution in [0.3, 0.4) is 0 Å². The van der Waals surface area contributed by atoms with Crippen LogP contribution in [-0.4, -0.2) is 76.0 Å². The number of nitrogens with one attached hydrogen (secondary N) is 4. The number of Topliss-reactive ketones (excluding diaryl/α,β-unsaturated/α-hetero) is 1. The minimum Gasteiger partial charge on any atom is -0.480 e. The predicted molar refractivity (Wildman–Crippen MR) is 127 cm³/mol. The summed E-state index contributed by atoms with van der Waals surface area (Å²) in [4.78, 5) is 53.0. The van der Waals surface area contributed by atoms with E-state index in [2.05, 4.69) is 15.6 Å². The second-order valence-corrected chi connectivity index (χ2v) is 8.61. The molecule has 10 nitrogen and oxygen atoms in total. The number of H-pyrrole nitrogens is 1. The van der Waals surface area contributed by atoms with Crippen molar-refractivity contribution >= 4 is 40.7 Å². The first-order valence-electron chi connectivity index (χ1n) is 11.4. The minimum absolute atomic E-state index is 0.000624. The van der Waals surface area contributed by atoms with Crippen LogP contribution in [0.4, 0.5) is 0 Å². The standard InChI is InChI=1S/C24H31N5O5/c1-15(30)29-10-8-17(9-11-29)27-22(12-16-14-26-20-5-3-2-4-19(16)20)23(32)28-21(24(33)34)7-6-18(31)13-25/h2-5,13-14,17,21-22,25-27H,6-12H2,1H3,(H,28,32)(H,33,34)/t21-,22-/m0/s1. The third-order valence-electron chi connectivity index (χ3n) is 6.25. The molecule has 0 bridgehead atoms. The van der Waals surface area contributed by atoms with Crippen LogP contribution in [-0.2, 0) is 25.6 Å². The number of aromatic amines is 1. The molecule has 3 rings (SSSR count). The Hall–Kier alpha value is -3.53. The van der Waals surface area contributed by atoms with Crippen molar-refractivity contribution in [1.82, 2.24) is 20.5 Å². The number of hydrogen-bond acceptors (Lipinski definition) is 6. The molecule has 0 unspecified atom stereocenters. The number of carboxylic acids is 1. The summed E-state index contributed by atoms with van der Waals surface area (Å²) in [7, 11) is 0. The molecule has 2 aromatic rings. The van der Waals surface area contributed by atoms with E-state index in [1.165, 1.54) is 6.92 Å². The lowest BCUT2D eigenvalue weighted by Crippen LogP contribution is -2.55. The van der Waals surface area contributed by atoms with Crippen LogP contribution in [0.5, 0.6) is 0 Å². The van der Waals surface area contributed by atoms with Crippen molar-refractivity contribution in [3.63, 3.8) is 0 Å². The molecule has 2 heterocycles. The molecule has 10 heteroatoms. The van der Waals surface area contributed by atoms with E-state index in [-0.39, 0.29) is 24.8 Å². The molecule has 1 saturated heterocycles. The number of nitrogens with zero attached hydrogens (tertiary/aromatic N) is 1. The third kappa shape index (κ3) is 6.50. The summed E-state index contributed by atoms with van der Waals surface area (Å²) in [6.07, 6.45) is 3.99. The summed E-state index contributed by atoms with van der Waals surface area (Å²) in [5.74, 6) is -2.16. The van der Waals surface area contributed by atoms with E-state index in [1.54, 1.807) is 4.90 Å². The molecule has 34 heavy (non-hydrogen) atoms. The fraction of sp³-hybridized carbons (Fsp3) is 0.458. The smallest absolute Gasteiger partial charge is 0.326 e. The number of rotatable bonds is 11. The molecular formula is C24H31N5O5. The zero-order chi connectivity index (χ0) is 24.7. The average molecular weight is 470 g/mol. The molecule has 0 aliphatic carbocycles. The summed E-state index contributed by atoms with van der Waals surface area (Å²) < 4.78 is 0. The van der Waals surface area contributed by atoms with Gasteiger partial charge in [-0.25, -0.2) is 4.79 Å². The van der Waals surface area contributed by atoms with E-state index < -0.39 is 29.7 Å². The number of benzene rings is 1.